The Balaban J connectivity index is 2.32. The summed E-state index contributed by atoms with van der Waals surface area (Å²) in [7, 11) is 0. The molecule has 0 aromatic carbocycles. The van der Waals surface area contributed by atoms with Gasteiger partial charge in [-0.15, -0.1) is 0 Å². The van der Waals surface area contributed by atoms with Gasteiger partial charge in [0.15, 0.2) is 0 Å². The van der Waals surface area contributed by atoms with Gasteiger partial charge in [-0.1, -0.05) is 13.8 Å². The van der Waals surface area contributed by atoms with Gasteiger partial charge in [-0.3, -0.25) is 0 Å². The predicted octanol–water partition coefficient (Wildman–Crippen LogP) is 1.87. The second-order valence-electron chi connectivity index (χ2n) is 3.44. The molecule has 0 aliphatic carbocycles. The van der Waals surface area contributed by atoms with E-state index in [1.54, 1.807) is 0 Å². The third-order valence-corrected chi connectivity index (χ3v) is 3.74. The largest absolute Gasteiger partial charge is 0.328 e. The molecular formula is C8H17NS. The van der Waals surface area contributed by atoms with Gasteiger partial charge in [0.2, 0.25) is 0 Å². The van der Waals surface area contributed by atoms with Crippen molar-refractivity contribution >= 4 is 11.8 Å². The highest BCUT2D eigenvalue weighted by molar-refractivity contribution is 7.99. The molecule has 0 radical (unpaired) electrons. The zero-order valence-corrected chi connectivity index (χ0v) is 7.66. The molecule has 2 N–H and O–H groups in total. The van der Waals surface area contributed by atoms with Crippen molar-refractivity contribution in [3.8, 4) is 0 Å². The molecule has 2 heteroatoms. The third kappa shape index (κ3) is 2.17. The lowest BCUT2D eigenvalue weighted by Crippen LogP contribution is -2.32. The van der Waals surface area contributed by atoms with E-state index in [0.29, 0.717) is 6.04 Å². The van der Waals surface area contributed by atoms with Gasteiger partial charge in [-0.05, 0) is 24.5 Å². The molecule has 1 aliphatic heterocycles. The van der Waals surface area contributed by atoms with Crippen molar-refractivity contribution in [1.29, 1.82) is 0 Å². The number of rotatable bonds is 1. The first-order valence-corrected chi connectivity index (χ1v) is 5.12. The fraction of sp³-hybridized carbons (Fsp3) is 1.00. The molecule has 1 rings (SSSR count). The van der Waals surface area contributed by atoms with Crippen molar-refractivity contribution in [2.75, 3.05) is 5.75 Å². The summed E-state index contributed by atoms with van der Waals surface area (Å²) in [6.07, 6.45) is 2.44. The van der Waals surface area contributed by atoms with Crippen LogP contribution in [0.4, 0.5) is 0 Å². The summed E-state index contributed by atoms with van der Waals surface area (Å²) >= 11 is 2.10. The molecule has 1 nitrogen and oxygen atoms in total. The Morgan fingerprint density at radius 2 is 2.20 bits per heavy atom. The van der Waals surface area contributed by atoms with Crippen LogP contribution in [0.1, 0.15) is 26.7 Å². The summed E-state index contributed by atoms with van der Waals surface area (Å²) in [5.41, 5.74) is 5.85. The van der Waals surface area contributed by atoms with Crippen molar-refractivity contribution in [2.45, 2.75) is 38.0 Å². The molecule has 1 aliphatic rings. The highest BCUT2D eigenvalue weighted by Crippen LogP contribution is 2.29. The summed E-state index contributed by atoms with van der Waals surface area (Å²) < 4.78 is 0. The quantitative estimate of drug-likeness (QED) is 0.632. The molecule has 1 saturated heterocycles. The van der Waals surface area contributed by atoms with Gasteiger partial charge in [0.25, 0.3) is 0 Å². The van der Waals surface area contributed by atoms with E-state index in [2.05, 4.69) is 25.6 Å². The Kier molecular flexibility index (Phi) is 3.05. The van der Waals surface area contributed by atoms with Crippen LogP contribution in [0.2, 0.25) is 0 Å². The third-order valence-electron chi connectivity index (χ3n) is 2.10. The van der Waals surface area contributed by atoms with Crippen LogP contribution in [0.5, 0.6) is 0 Å². The van der Waals surface area contributed by atoms with Crippen LogP contribution in [0, 0.1) is 5.92 Å². The minimum absolute atomic E-state index is 0.480. The molecule has 0 amide bonds. The summed E-state index contributed by atoms with van der Waals surface area (Å²) in [5, 5.41) is 0.823. The lowest BCUT2D eigenvalue weighted by molar-refractivity contribution is 0.489. The summed E-state index contributed by atoms with van der Waals surface area (Å²) in [6, 6.07) is 0.480. The minimum Gasteiger partial charge on any atom is -0.328 e. The van der Waals surface area contributed by atoms with Crippen LogP contribution >= 0.6 is 11.8 Å². The van der Waals surface area contributed by atoms with E-state index in [-0.39, 0.29) is 0 Å². The molecule has 0 aromatic rings. The molecule has 10 heavy (non-hydrogen) atoms. The maximum Gasteiger partial charge on any atom is 0.00847 e. The molecular weight excluding hydrogens is 142 g/mol. The zero-order chi connectivity index (χ0) is 7.56. The van der Waals surface area contributed by atoms with E-state index >= 15 is 0 Å². The average molecular weight is 159 g/mol. The fourth-order valence-electron chi connectivity index (χ4n) is 1.32. The van der Waals surface area contributed by atoms with Crippen molar-refractivity contribution in [3.05, 3.63) is 0 Å². The SMILES string of the molecule is CC(C)C1CC(N)CCS1. The Morgan fingerprint density at radius 1 is 1.50 bits per heavy atom. The molecule has 0 bridgehead atoms. The van der Waals surface area contributed by atoms with Gasteiger partial charge >= 0.3 is 0 Å². The lowest BCUT2D eigenvalue weighted by Gasteiger charge is -2.28. The molecule has 1 heterocycles. The maximum atomic E-state index is 5.85. The summed E-state index contributed by atoms with van der Waals surface area (Å²) in [6.45, 7) is 4.57. The Labute approximate surface area is 67.8 Å². The van der Waals surface area contributed by atoms with Gasteiger partial charge < -0.3 is 5.73 Å². The van der Waals surface area contributed by atoms with E-state index in [1.807, 2.05) is 0 Å². The fourth-order valence-corrected chi connectivity index (χ4v) is 2.83. The molecule has 0 aromatic heterocycles. The van der Waals surface area contributed by atoms with Crippen molar-refractivity contribution in [1.82, 2.24) is 0 Å². The minimum atomic E-state index is 0.480. The highest BCUT2D eigenvalue weighted by Gasteiger charge is 2.21. The molecule has 2 atom stereocenters. The second-order valence-corrected chi connectivity index (χ2v) is 4.78. The monoisotopic (exact) mass is 159 g/mol. The second kappa shape index (κ2) is 3.63. The molecule has 60 valence electrons. The maximum absolute atomic E-state index is 5.85. The highest BCUT2D eigenvalue weighted by atomic mass is 32.2. The zero-order valence-electron chi connectivity index (χ0n) is 6.84. The first kappa shape index (κ1) is 8.41. The first-order valence-electron chi connectivity index (χ1n) is 4.07. The smallest absolute Gasteiger partial charge is 0.00847 e. The Bertz CT molecular complexity index is 103. The molecule has 1 fully saturated rings. The standard InChI is InChI=1S/C8H17NS/c1-6(2)8-5-7(9)3-4-10-8/h6-8H,3-5,9H2,1-2H3. The summed E-state index contributed by atoms with van der Waals surface area (Å²) in [5.74, 6) is 2.07. The van der Waals surface area contributed by atoms with Crippen LogP contribution < -0.4 is 5.73 Å². The Morgan fingerprint density at radius 3 is 2.60 bits per heavy atom. The van der Waals surface area contributed by atoms with E-state index in [0.717, 1.165) is 11.2 Å². The molecule has 0 saturated carbocycles. The Hall–Kier alpha value is 0.310. The van der Waals surface area contributed by atoms with Gasteiger partial charge in [0.1, 0.15) is 0 Å². The van der Waals surface area contributed by atoms with Crippen LogP contribution in [0.25, 0.3) is 0 Å². The summed E-state index contributed by atoms with van der Waals surface area (Å²) in [4.78, 5) is 0. The van der Waals surface area contributed by atoms with Crippen molar-refractivity contribution in [2.24, 2.45) is 11.7 Å². The topological polar surface area (TPSA) is 26.0 Å². The number of hydrogen-bond acceptors (Lipinski definition) is 2. The molecule has 2 unspecified atom stereocenters. The average Bonchev–Trinajstić information content (AvgIpc) is 1.88. The van der Waals surface area contributed by atoms with Crippen molar-refractivity contribution < 1.29 is 0 Å². The van der Waals surface area contributed by atoms with E-state index < -0.39 is 0 Å². The predicted molar refractivity (Wildman–Crippen MR) is 48.3 cm³/mol. The van der Waals surface area contributed by atoms with Crippen molar-refractivity contribution in [3.63, 3.8) is 0 Å². The van der Waals surface area contributed by atoms with Gasteiger partial charge in [0.05, 0.1) is 0 Å². The van der Waals surface area contributed by atoms with Crippen LogP contribution in [-0.4, -0.2) is 17.0 Å². The van der Waals surface area contributed by atoms with E-state index in [4.69, 9.17) is 5.73 Å². The number of thioether (sulfide) groups is 1. The van der Waals surface area contributed by atoms with E-state index in [1.165, 1.54) is 18.6 Å². The number of hydrogen-bond donors (Lipinski definition) is 1. The normalized spacial score (nSPS) is 34.8. The lowest BCUT2D eigenvalue weighted by atomic mass is 10.0. The van der Waals surface area contributed by atoms with Gasteiger partial charge in [-0.25, -0.2) is 0 Å². The first-order chi connectivity index (χ1) is 4.70. The van der Waals surface area contributed by atoms with Crippen LogP contribution in [0.15, 0.2) is 0 Å². The van der Waals surface area contributed by atoms with Crippen LogP contribution in [0.3, 0.4) is 0 Å². The molecule has 0 spiro atoms. The van der Waals surface area contributed by atoms with Gasteiger partial charge in [0, 0.05) is 11.3 Å². The van der Waals surface area contributed by atoms with Crippen LogP contribution in [-0.2, 0) is 0 Å². The van der Waals surface area contributed by atoms with Gasteiger partial charge in [-0.2, -0.15) is 11.8 Å². The number of nitrogens with two attached hydrogens (primary N) is 1. The van der Waals surface area contributed by atoms with E-state index in [9.17, 15) is 0 Å².